The number of furan rings is 1. The zero-order valence-corrected chi connectivity index (χ0v) is 27.5. The molecule has 0 saturated heterocycles. The van der Waals surface area contributed by atoms with Gasteiger partial charge in [-0.25, -0.2) is 15.0 Å². The summed E-state index contributed by atoms with van der Waals surface area (Å²) in [5.74, 6) is 1.83. The first kappa shape index (κ1) is 29.0. The SMILES string of the molecule is c1ccc(-c2cccc(-c3ccc(-c4nc(-c5ccc6c(c5)oc5ccccc56)nc(-c5cccc6ccc7ccccc7c56)n4)cc3)c2)cc1. The molecule has 10 aromatic rings. The van der Waals surface area contributed by atoms with E-state index in [9.17, 15) is 0 Å². The van der Waals surface area contributed by atoms with E-state index in [1.54, 1.807) is 0 Å². The van der Waals surface area contributed by atoms with E-state index < -0.39 is 0 Å². The molecule has 0 radical (unpaired) electrons. The van der Waals surface area contributed by atoms with Crippen LogP contribution < -0.4 is 0 Å². The Morgan fingerprint density at radius 3 is 1.73 bits per heavy atom. The molecule has 2 heterocycles. The molecule has 8 aromatic carbocycles. The highest BCUT2D eigenvalue weighted by atomic mass is 16.3. The number of aromatic nitrogens is 3. The van der Waals surface area contributed by atoms with Crippen LogP contribution in [0.1, 0.15) is 0 Å². The summed E-state index contributed by atoms with van der Waals surface area (Å²) in [6, 6.07) is 61.1. The highest BCUT2D eigenvalue weighted by Crippen LogP contribution is 2.36. The normalized spacial score (nSPS) is 11.5. The molecule has 4 heteroatoms. The van der Waals surface area contributed by atoms with Crippen LogP contribution in [-0.2, 0) is 0 Å². The van der Waals surface area contributed by atoms with E-state index in [0.29, 0.717) is 17.5 Å². The van der Waals surface area contributed by atoms with Gasteiger partial charge in [-0.3, -0.25) is 0 Å². The molecule has 0 spiro atoms. The topological polar surface area (TPSA) is 51.8 Å². The maximum Gasteiger partial charge on any atom is 0.164 e. The summed E-state index contributed by atoms with van der Waals surface area (Å²) in [6.45, 7) is 0. The molecule has 4 nitrogen and oxygen atoms in total. The van der Waals surface area contributed by atoms with Crippen LogP contribution in [0.3, 0.4) is 0 Å². The monoisotopic (exact) mass is 651 g/mol. The highest BCUT2D eigenvalue weighted by molar-refractivity contribution is 6.13. The molecular weight excluding hydrogens is 623 g/mol. The van der Waals surface area contributed by atoms with Gasteiger partial charge >= 0.3 is 0 Å². The summed E-state index contributed by atoms with van der Waals surface area (Å²) >= 11 is 0. The van der Waals surface area contributed by atoms with Gasteiger partial charge in [0.15, 0.2) is 17.5 Å². The lowest BCUT2D eigenvalue weighted by molar-refractivity contribution is 0.669. The smallest absolute Gasteiger partial charge is 0.164 e. The number of hydrogen-bond acceptors (Lipinski definition) is 4. The van der Waals surface area contributed by atoms with E-state index >= 15 is 0 Å². The number of hydrogen-bond donors (Lipinski definition) is 0. The fraction of sp³-hybridized carbons (Fsp3) is 0. The Morgan fingerprint density at radius 1 is 0.314 bits per heavy atom. The zero-order valence-electron chi connectivity index (χ0n) is 27.5. The summed E-state index contributed by atoms with van der Waals surface area (Å²) < 4.78 is 6.27. The second-order valence-electron chi connectivity index (χ2n) is 12.8. The third-order valence-corrected chi connectivity index (χ3v) is 9.73. The van der Waals surface area contributed by atoms with Crippen molar-refractivity contribution in [2.45, 2.75) is 0 Å². The fourth-order valence-electron chi connectivity index (χ4n) is 7.19. The van der Waals surface area contributed by atoms with Crippen molar-refractivity contribution in [1.29, 1.82) is 0 Å². The zero-order chi connectivity index (χ0) is 33.7. The molecule has 238 valence electrons. The lowest BCUT2D eigenvalue weighted by Crippen LogP contribution is -2.00. The van der Waals surface area contributed by atoms with Gasteiger partial charge in [-0.1, -0.05) is 152 Å². The Labute approximate surface area is 294 Å². The van der Waals surface area contributed by atoms with Gasteiger partial charge in [-0.15, -0.1) is 0 Å². The van der Waals surface area contributed by atoms with Crippen LogP contribution in [0.15, 0.2) is 180 Å². The lowest BCUT2D eigenvalue weighted by Gasteiger charge is -2.12. The van der Waals surface area contributed by atoms with Gasteiger partial charge in [0.1, 0.15) is 11.2 Å². The van der Waals surface area contributed by atoms with E-state index in [-0.39, 0.29) is 0 Å². The quantitative estimate of drug-likeness (QED) is 0.174. The molecule has 2 aromatic heterocycles. The second kappa shape index (κ2) is 11.9. The molecule has 0 aliphatic carbocycles. The van der Waals surface area contributed by atoms with Gasteiger partial charge in [0.25, 0.3) is 0 Å². The summed E-state index contributed by atoms with van der Waals surface area (Å²) in [4.78, 5) is 15.4. The van der Waals surface area contributed by atoms with E-state index in [4.69, 9.17) is 19.4 Å². The van der Waals surface area contributed by atoms with Crippen molar-refractivity contribution in [2.75, 3.05) is 0 Å². The van der Waals surface area contributed by atoms with Crippen LogP contribution in [0.4, 0.5) is 0 Å². The van der Waals surface area contributed by atoms with Crippen molar-refractivity contribution >= 4 is 43.5 Å². The average molecular weight is 652 g/mol. The van der Waals surface area contributed by atoms with Crippen molar-refractivity contribution in [1.82, 2.24) is 15.0 Å². The average Bonchev–Trinajstić information content (AvgIpc) is 3.59. The van der Waals surface area contributed by atoms with Crippen LogP contribution in [0, 0.1) is 0 Å². The van der Waals surface area contributed by atoms with Crippen LogP contribution in [0.5, 0.6) is 0 Å². The summed E-state index contributed by atoms with van der Waals surface area (Å²) in [5, 5.41) is 6.76. The van der Waals surface area contributed by atoms with Crippen molar-refractivity contribution in [3.8, 4) is 56.4 Å². The first-order valence-electron chi connectivity index (χ1n) is 17.1. The minimum Gasteiger partial charge on any atom is -0.456 e. The van der Waals surface area contributed by atoms with Crippen LogP contribution in [0.2, 0.25) is 0 Å². The molecular formula is C47H29N3O. The molecule has 0 saturated carbocycles. The van der Waals surface area contributed by atoms with Crippen LogP contribution in [-0.4, -0.2) is 15.0 Å². The number of fused-ring (bicyclic) bond motifs is 6. The van der Waals surface area contributed by atoms with Gasteiger partial charge in [0, 0.05) is 32.8 Å². The van der Waals surface area contributed by atoms with Gasteiger partial charge in [-0.2, -0.15) is 0 Å². The number of nitrogens with zero attached hydrogens (tertiary/aromatic N) is 3. The molecule has 0 aliphatic rings. The summed E-state index contributed by atoms with van der Waals surface area (Å²) in [7, 11) is 0. The number of benzene rings is 8. The highest BCUT2D eigenvalue weighted by Gasteiger charge is 2.17. The van der Waals surface area contributed by atoms with Crippen LogP contribution in [0.25, 0.3) is 99.9 Å². The van der Waals surface area contributed by atoms with Crippen molar-refractivity contribution in [3.63, 3.8) is 0 Å². The van der Waals surface area contributed by atoms with E-state index in [0.717, 1.165) is 60.5 Å². The van der Waals surface area contributed by atoms with Crippen molar-refractivity contribution < 1.29 is 4.42 Å². The standard InChI is InChI=1S/C47H29N3O/c1-2-10-30(11-3-1)35-14-8-15-36(28-35)31-20-24-34(25-21-31)45-48-46(37-26-27-40-39-17-6-7-19-42(39)51-43(40)29-37)50-47(49-45)41-18-9-13-33-23-22-32-12-4-5-16-38(32)44(33)41/h1-29H. The minimum atomic E-state index is 0.592. The molecule has 0 atom stereocenters. The van der Waals surface area contributed by atoms with Gasteiger partial charge < -0.3 is 4.42 Å². The second-order valence-corrected chi connectivity index (χ2v) is 12.8. The Morgan fingerprint density at radius 2 is 0.882 bits per heavy atom. The summed E-state index contributed by atoms with van der Waals surface area (Å²) in [5.41, 5.74) is 9.08. The third-order valence-electron chi connectivity index (χ3n) is 9.73. The molecule has 0 fully saturated rings. The molecule has 0 aliphatic heterocycles. The molecule has 0 bridgehead atoms. The predicted octanol–water partition coefficient (Wildman–Crippen LogP) is 12.4. The van der Waals surface area contributed by atoms with E-state index in [2.05, 4.69) is 146 Å². The predicted molar refractivity (Wildman–Crippen MR) is 209 cm³/mol. The maximum absolute atomic E-state index is 6.27. The van der Waals surface area contributed by atoms with Gasteiger partial charge in [0.05, 0.1) is 0 Å². The van der Waals surface area contributed by atoms with Crippen molar-refractivity contribution in [2.24, 2.45) is 0 Å². The first-order valence-corrected chi connectivity index (χ1v) is 17.1. The molecule has 0 amide bonds. The van der Waals surface area contributed by atoms with Crippen molar-refractivity contribution in [3.05, 3.63) is 176 Å². The number of rotatable bonds is 5. The van der Waals surface area contributed by atoms with Gasteiger partial charge in [0.2, 0.25) is 0 Å². The Hall–Kier alpha value is -6.91. The largest absolute Gasteiger partial charge is 0.456 e. The van der Waals surface area contributed by atoms with E-state index in [1.807, 2.05) is 30.3 Å². The third kappa shape index (κ3) is 5.13. The maximum atomic E-state index is 6.27. The Balaban J connectivity index is 1.13. The fourth-order valence-corrected chi connectivity index (χ4v) is 7.19. The Kier molecular flexibility index (Phi) is 6.78. The first-order chi connectivity index (χ1) is 25.2. The summed E-state index contributed by atoms with van der Waals surface area (Å²) in [6.07, 6.45) is 0. The molecule has 10 rings (SSSR count). The molecule has 51 heavy (non-hydrogen) atoms. The van der Waals surface area contributed by atoms with Gasteiger partial charge in [-0.05, 0) is 62.7 Å². The lowest BCUT2D eigenvalue weighted by atomic mass is 9.97. The van der Waals surface area contributed by atoms with E-state index in [1.165, 1.54) is 21.9 Å². The molecule has 0 N–H and O–H groups in total. The molecule has 0 unspecified atom stereocenters. The minimum absolute atomic E-state index is 0.592. The number of para-hydroxylation sites is 1. The Bertz CT molecular complexity index is 2910. The van der Waals surface area contributed by atoms with Crippen LogP contribution >= 0.6 is 0 Å².